The van der Waals surface area contributed by atoms with Gasteiger partial charge in [0.1, 0.15) is 5.01 Å². The standard InChI is InChI=1S/C11H21N3S2/c1-5-8(3)10(12-6-2)7-15-11-14-13-9(4)16-11/h8,10,12H,5-7H2,1-4H3. The van der Waals surface area contributed by atoms with Crippen molar-refractivity contribution in [3.05, 3.63) is 5.01 Å². The second-order valence-corrected chi connectivity index (χ2v) is 6.40. The van der Waals surface area contributed by atoms with Crippen molar-refractivity contribution in [3.63, 3.8) is 0 Å². The lowest BCUT2D eigenvalue weighted by atomic mass is 10.0. The molecule has 0 amide bonds. The van der Waals surface area contributed by atoms with Gasteiger partial charge in [0.2, 0.25) is 0 Å². The van der Waals surface area contributed by atoms with Crippen LogP contribution in [0.15, 0.2) is 4.34 Å². The number of aryl methyl sites for hydroxylation is 1. The van der Waals surface area contributed by atoms with E-state index in [2.05, 4.69) is 36.3 Å². The van der Waals surface area contributed by atoms with Crippen LogP contribution in [0.4, 0.5) is 0 Å². The monoisotopic (exact) mass is 259 g/mol. The fourth-order valence-corrected chi connectivity index (χ4v) is 3.55. The first-order chi connectivity index (χ1) is 7.67. The lowest BCUT2D eigenvalue weighted by Crippen LogP contribution is -2.36. The average Bonchev–Trinajstić information content (AvgIpc) is 2.69. The molecule has 0 spiro atoms. The number of thioether (sulfide) groups is 1. The van der Waals surface area contributed by atoms with Crippen molar-refractivity contribution in [3.8, 4) is 0 Å². The fourth-order valence-electron chi connectivity index (χ4n) is 1.47. The van der Waals surface area contributed by atoms with Gasteiger partial charge in [0.05, 0.1) is 0 Å². The van der Waals surface area contributed by atoms with Crippen molar-refractivity contribution in [2.24, 2.45) is 5.92 Å². The van der Waals surface area contributed by atoms with Crippen LogP contribution in [0.3, 0.4) is 0 Å². The fraction of sp³-hybridized carbons (Fsp3) is 0.818. The molecule has 1 N–H and O–H groups in total. The summed E-state index contributed by atoms with van der Waals surface area (Å²) in [5.41, 5.74) is 0. The zero-order valence-electron chi connectivity index (χ0n) is 10.5. The van der Waals surface area contributed by atoms with E-state index in [1.165, 1.54) is 6.42 Å². The lowest BCUT2D eigenvalue weighted by molar-refractivity contribution is 0.404. The zero-order chi connectivity index (χ0) is 12.0. The molecule has 2 atom stereocenters. The minimum atomic E-state index is 0.573. The first kappa shape index (κ1) is 13.9. The molecule has 0 aliphatic rings. The van der Waals surface area contributed by atoms with E-state index in [4.69, 9.17) is 0 Å². The first-order valence-electron chi connectivity index (χ1n) is 5.83. The maximum absolute atomic E-state index is 4.14. The van der Waals surface area contributed by atoms with E-state index in [0.717, 1.165) is 21.6 Å². The van der Waals surface area contributed by atoms with E-state index in [0.29, 0.717) is 12.0 Å². The maximum atomic E-state index is 4.14. The van der Waals surface area contributed by atoms with Crippen LogP contribution in [-0.2, 0) is 0 Å². The van der Waals surface area contributed by atoms with Crippen LogP contribution in [0.2, 0.25) is 0 Å². The molecular formula is C11H21N3S2. The summed E-state index contributed by atoms with van der Waals surface area (Å²) in [5.74, 6) is 1.79. The third kappa shape index (κ3) is 4.39. The summed E-state index contributed by atoms with van der Waals surface area (Å²) in [4.78, 5) is 0. The van der Waals surface area contributed by atoms with E-state index >= 15 is 0 Å². The van der Waals surface area contributed by atoms with Crippen LogP contribution >= 0.6 is 23.1 Å². The Morgan fingerprint density at radius 2 is 2.12 bits per heavy atom. The minimum absolute atomic E-state index is 0.573. The Hall–Kier alpha value is -0.130. The van der Waals surface area contributed by atoms with Crippen molar-refractivity contribution < 1.29 is 0 Å². The van der Waals surface area contributed by atoms with Crippen molar-refractivity contribution in [2.75, 3.05) is 12.3 Å². The van der Waals surface area contributed by atoms with Gasteiger partial charge in [-0.3, -0.25) is 0 Å². The van der Waals surface area contributed by atoms with Crippen LogP contribution in [-0.4, -0.2) is 28.5 Å². The molecule has 2 unspecified atom stereocenters. The van der Waals surface area contributed by atoms with Crippen LogP contribution in [0.1, 0.15) is 32.2 Å². The van der Waals surface area contributed by atoms with Gasteiger partial charge < -0.3 is 5.32 Å². The van der Waals surface area contributed by atoms with Gasteiger partial charge in [-0.2, -0.15) is 0 Å². The maximum Gasteiger partial charge on any atom is 0.174 e. The van der Waals surface area contributed by atoms with E-state index in [-0.39, 0.29) is 0 Å². The molecule has 0 bridgehead atoms. The number of hydrogen-bond acceptors (Lipinski definition) is 5. The smallest absolute Gasteiger partial charge is 0.174 e. The summed E-state index contributed by atoms with van der Waals surface area (Å²) in [5, 5.41) is 12.8. The SMILES string of the molecule is CCNC(CSc1nnc(C)s1)C(C)CC. The Morgan fingerprint density at radius 3 is 2.62 bits per heavy atom. The van der Waals surface area contributed by atoms with Gasteiger partial charge in [0.25, 0.3) is 0 Å². The Bertz CT molecular complexity index is 301. The van der Waals surface area contributed by atoms with Crippen LogP contribution in [0.5, 0.6) is 0 Å². The van der Waals surface area contributed by atoms with E-state index in [9.17, 15) is 0 Å². The molecule has 0 aromatic carbocycles. The lowest BCUT2D eigenvalue weighted by Gasteiger charge is -2.22. The summed E-state index contributed by atoms with van der Waals surface area (Å²) in [7, 11) is 0. The van der Waals surface area contributed by atoms with Crippen molar-refractivity contribution >= 4 is 23.1 Å². The van der Waals surface area contributed by atoms with E-state index in [1.54, 1.807) is 11.3 Å². The van der Waals surface area contributed by atoms with Crippen molar-refractivity contribution in [1.82, 2.24) is 15.5 Å². The topological polar surface area (TPSA) is 37.8 Å². The molecule has 1 aromatic heterocycles. The van der Waals surface area contributed by atoms with Gasteiger partial charge in [-0.1, -0.05) is 50.3 Å². The van der Waals surface area contributed by atoms with Crippen molar-refractivity contribution in [1.29, 1.82) is 0 Å². The second-order valence-electron chi connectivity index (χ2n) is 3.95. The molecule has 0 radical (unpaired) electrons. The molecule has 16 heavy (non-hydrogen) atoms. The van der Waals surface area contributed by atoms with E-state index in [1.807, 2.05) is 18.7 Å². The number of aromatic nitrogens is 2. The molecular weight excluding hydrogens is 238 g/mol. The number of rotatable bonds is 7. The second kappa shape index (κ2) is 7.25. The summed E-state index contributed by atoms with van der Waals surface area (Å²) >= 11 is 3.50. The number of nitrogens with zero attached hydrogens (tertiary/aromatic N) is 2. The first-order valence-corrected chi connectivity index (χ1v) is 7.63. The van der Waals surface area contributed by atoms with Crippen LogP contribution < -0.4 is 5.32 Å². The van der Waals surface area contributed by atoms with Crippen molar-refractivity contribution in [2.45, 2.75) is 44.5 Å². The molecule has 0 aliphatic heterocycles. The zero-order valence-corrected chi connectivity index (χ0v) is 12.1. The molecule has 1 heterocycles. The Morgan fingerprint density at radius 1 is 1.38 bits per heavy atom. The summed E-state index contributed by atoms with van der Waals surface area (Å²) in [6.45, 7) is 9.74. The summed E-state index contributed by atoms with van der Waals surface area (Å²) in [6.07, 6.45) is 1.22. The van der Waals surface area contributed by atoms with Crippen LogP contribution in [0, 0.1) is 12.8 Å². The Labute approximate surface area is 106 Å². The molecule has 0 saturated carbocycles. The highest BCUT2D eigenvalue weighted by atomic mass is 32.2. The highest BCUT2D eigenvalue weighted by Gasteiger charge is 2.15. The molecule has 0 saturated heterocycles. The predicted octanol–water partition coefficient (Wildman–Crippen LogP) is 2.96. The quantitative estimate of drug-likeness (QED) is 0.764. The van der Waals surface area contributed by atoms with Crippen LogP contribution in [0.25, 0.3) is 0 Å². The van der Waals surface area contributed by atoms with Gasteiger partial charge in [-0.25, -0.2) is 0 Å². The van der Waals surface area contributed by atoms with Gasteiger partial charge in [0.15, 0.2) is 4.34 Å². The van der Waals surface area contributed by atoms with Gasteiger partial charge in [-0.15, -0.1) is 10.2 Å². The molecule has 3 nitrogen and oxygen atoms in total. The third-order valence-electron chi connectivity index (χ3n) is 2.69. The number of nitrogens with one attached hydrogen (secondary N) is 1. The highest BCUT2D eigenvalue weighted by Crippen LogP contribution is 2.24. The molecule has 0 fully saturated rings. The van der Waals surface area contributed by atoms with Gasteiger partial charge in [0, 0.05) is 11.8 Å². The van der Waals surface area contributed by atoms with E-state index < -0.39 is 0 Å². The Kier molecular flexibility index (Phi) is 6.31. The largest absolute Gasteiger partial charge is 0.313 e. The molecule has 92 valence electrons. The average molecular weight is 259 g/mol. The Balaban J connectivity index is 2.43. The molecule has 1 aromatic rings. The van der Waals surface area contributed by atoms with Gasteiger partial charge >= 0.3 is 0 Å². The predicted molar refractivity (Wildman–Crippen MR) is 72.3 cm³/mol. The summed E-state index contributed by atoms with van der Waals surface area (Å²) in [6, 6.07) is 0.573. The highest BCUT2D eigenvalue weighted by molar-refractivity contribution is 8.01. The van der Waals surface area contributed by atoms with Gasteiger partial charge in [-0.05, 0) is 19.4 Å². The molecule has 1 rings (SSSR count). The number of hydrogen-bond donors (Lipinski definition) is 1. The normalized spacial score (nSPS) is 15.0. The third-order valence-corrected chi connectivity index (χ3v) is 4.78. The molecule has 0 aliphatic carbocycles. The molecule has 5 heteroatoms. The summed E-state index contributed by atoms with van der Waals surface area (Å²) < 4.78 is 1.09. The minimum Gasteiger partial charge on any atom is -0.313 e.